The Labute approximate surface area is 174 Å². The van der Waals surface area contributed by atoms with Gasteiger partial charge >= 0.3 is 5.97 Å². The normalized spacial score (nSPS) is 10.8. The number of hydrogen-bond acceptors (Lipinski definition) is 7. The van der Waals surface area contributed by atoms with Crippen molar-refractivity contribution in [3.63, 3.8) is 0 Å². The Hall–Kier alpha value is -4.28. The zero-order valence-electron chi connectivity index (χ0n) is 16.1. The van der Waals surface area contributed by atoms with E-state index in [0.29, 0.717) is 5.69 Å². The number of rotatable bonds is 6. The lowest BCUT2D eigenvalue weighted by Gasteiger charge is -2.12. The summed E-state index contributed by atoms with van der Waals surface area (Å²) < 4.78 is 29.5. The van der Waals surface area contributed by atoms with Crippen molar-refractivity contribution < 1.29 is 18.7 Å². The third-order valence-corrected chi connectivity index (χ3v) is 4.36. The maximum absolute atomic E-state index is 14.6. The van der Waals surface area contributed by atoms with Gasteiger partial charge < -0.3 is 10.4 Å². The zero-order valence-corrected chi connectivity index (χ0v) is 16.1. The van der Waals surface area contributed by atoms with Gasteiger partial charge in [0.2, 0.25) is 5.95 Å². The van der Waals surface area contributed by atoms with Crippen molar-refractivity contribution >= 4 is 11.9 Å². The van der Waals surface area contributed by atoms with E-state index in [0.717, 1.165) is 17.7 Å². The highest BCUT2D eigenvalue weighted by atomic mass is 19.1. The Balaban J connectivity index is 1.87. The molecule has 0 amide bonds. The second-order valence-corrected chi connectivity index (χ2v) is 6.58. The van der Waals surface area contributed by atoms with Gasteiger partial charge in [0.05, 0.1) is 16.9 Å². The van der Waals surface area contributed by atoms with Crippen LogP contribution in [0.4, 0.5) is 14.7 Å². The molecule has 9 nitrogen and oxygen atoms in total. The molecule has 0 aliphatic carbocycles. The number of carbonyl (C=O) groups is 1. The molecule has 0 radical (unpaired) electrons. The Kier molecular flexibility index (Phi) is 5.31. The van der Waals surface area contributed by atoms with Gasteiger partial charge in [-0.05, 0) is 41.6 Å². The molecule has 0 saturated heterocycles. The van der Waals surface area contributed by atoms with Gasteiger partial charge in [0.25, 0.3) is 0 Å². The van der Waals surface area contributed by atoms with Crippen molar-refractivity contribution in [3.8, 4) is 28.3 Å². The molecule has 11 heteroatoms. The number of carboxylic acids is 1. The van der Waals surface area contributed by atoms with Gasteiger partial charge in [-0.3, -0.25) is 4.79 Å². The van der Waals surface area contributed by atoms with Crippen LogP contribution in [-0.2, 0) is 4.79 Å². The summed E-state index contributed by atoms with van der Waals surface area (Å²) in [6.45, 7) is 1.50. The van der Waals surface area contributed by atoms with Crippen LogP contribution in [0.15, 0.2) is 48.7 Å². The minimum atomic E-state index is -1.12. The average Bonchev–Trinajstić information content (AvgIpc) is 3.22. The van der Waals surface area contributed by atoms with E-state index in [4.69, 9.17) is 5.11 Å². The highest BCUT2D eigenvalue weighted by Crippen LogP contribution is 2.32. The highest BCUT2D eigenvalue weighted by Gasteiger charge is 2.21. The molecule has 0 spiro atoms. The summed E-state index contributed by atoms with van der Waals surface area (Å²) in [5, 5.41) is 23.1. The number of nitrogens with one attached hydrogen (secondary N) is 1. The Morgan fingerprint density at radius 1 is 1.13 bits per heavy atom. The van der Waals surface area contributed by atoms with Gasteiger partial charge in [-0.1, -0.05) is 17.7 Å². The van der Waals surface area contributed by atoms with Gasteiger partial charge in [-0.2, -0.15) is 4.68 Å². The molecule has 4 rings (SSSR count). The molecule has 0 fully saturated rings. The maximum atomic E-state index is 14.6. The van der Waals surface area contributed by atoms with Crippen molar-refractivity contribution in [2.24, 2.45) is 0 Å². The molecular weight excluding hydrogens is 408 g/mol. The fourth-order valence-corrected chi connectivity index (χ4v) is 2.89. The average molecular weight is 423 g/mol. The van der Waals surface area contributed by atoms with Crippen LogP contribution >= 0.6 is 0 Å². The number of carboxylic acid groups (broad SMARTS) is 1. The number of anilines is 1. The molecule has 0 atom stereocenters. The van der Waals surface area contributed by atoms with Crippen LogP contribution in [0.2, 0.25) is 0 Å². The SMILES string of the molecule is Cc1ccc(-n2nnnc2-c2cnc(NCC(=O)O)nc2-c2ccc(F)cc2F)cc1. The first-order valence-electron chi connectivity index (χ1n) is 9.06. The lowest BCUT2D eigenvalue weighted by molar-refractivity contribution is -0.134. The van der Waals surface area contributed by atoms with E-state index in [-0.39, 0.29) is 28.6 Å². The molecule has 0 bridgehead atoms. The predicted molar refractivity (Wildman–Crippen MR) is 106 cm³/mol. The van der Waals surface area contributed by atoms with Crippen molar-refractivity contribution in [2.45, 2.75) is 6.92 Å². The Morgan fingerprint density at radius 3 is 2.61 bits per heavy atom. The van der Waals surface area contributed by atoms with Gasteiger partial charge in [0, 0.05) is 17.8 Å². The van der Waals surface area contributed by atoms with E-state index in [9.17, 15) is 13.6 Å². The molecule has 2 aromatic heterocycles. The predicted octanol–water partition coefficient (Wildman–Crippen LogP) is 2.87. The van der Waals surface area contributed by atoms with E-state index in [1.807, 2.05) is 31.2 Å². The second kappa shape index (κ2) is 8.22. The zero-order chi connectivity index (χ0) is 22.0. The van der Waals surface area contributed by atoms with Crippen LogP contribution in [0.3, 0.4) is 0 Å². The fourth-order valence-electron chi connectivity index (χ4n) is 2.89. The topological polar surface area (TPSA) is 119 Å². The molecule has 0 aliphatic heterocycles. The van der Waals surface area contributed by atoms with Crippen LogP contribution in [-0.4, -0.2) is 47.8 Å². The van der Waals surface area contributed by atoms with Crippen molar-refractivity contribution in [2.75, 3.05) is 11.9 Å². The minimum absolute atomic E-state index is 0.0179. The summed E-state index contributed by atoms with van der Waals surface area (Å²) in [7, 11) is 0. The van der Waals surface area contributed by atoms with Crippen LogP contribution in [0, 0.1) is 18.6 Å². The monoisotopic (exact) mass is 423 g/mol. The molecule has 2 N–H and O–H groups in total. The van der Waals surface area contributed by atoms with Gasteiger partial charge in [0.15, 0.2) is 5.82 Å². The number of nitrogens with zero attached hydrogens (tertiary/aromatic N) is 6. The van der Waals surface area contributed by atoms with Crippen LogP contribution in [0.25, 0.3) is 28.3 Å². The number of aromatic nitrogens is 6. The van der Waals surface area contributed by atoms with Crippen molar-refractivity contribution in [1.82, 2.24) is 30.2 Å². The molecule has 2 heterocycles. The molecule has 0 unspecified atom stereocenters. The van der Waals surface area contributed by atoms with E-state index in [1.165, 1.54) is 16.9 Å². The number of aliphatic carboxylic acids is 1. The van der Waals surface area contributed by atoms with E-state index in [1.54, 1.807) is 0 Å². The standard InChI is InChI=1S/C20H15F2N7O2/c1-11-2-5-13(6-3-11)29-19(26-27-28-29)15-9-23-20(24-10-17(30)31)25-18(15)14-7-4-12(21)8-16(14)22/h2-9H,10H2,1H3,(H,30,31)(H,23,24,25). The van der Waals surface area contributed by atoms with E-state index in [2.05, 4.69) is 30.8 Å². The molecule has 4 aromatic rings. The number of tetrazole rings is 1. The minimum Gasteiger partial charge on any atom is -0.480 e. The van der Waals surface area contributed by atoms with Crippen LogP contribution in [0.5, 0.6) is 0 Å². The first kappa shape index (κ1) is 20.0. The van der Waals surface area contributed by atoms with Gasteiger partial charge in [-0.25, -0.2) is 18.7 Å². The van der Waals surface area contributed by atoms with Crippen LogP contribution < -0.4 is 5.32 Å². The Morgan fingerprint density at radius 2 is 1.90 bits per heavy atom. The Bertz CT molecular complexity index is 1260. The van der Waals surface area contributed by atoms with Crippen molar-refractivity contribution in [3.05, 3.63) is 65.9 Å². The number of aryl methyl sites for hydroxylation is 1. The van der Waals surface area contributed by atoms with E-state index >= 15 is 0 Å². The highest BCUT2D eigenvalue weighted by molar-refractivity contribution is 5.79. The first-order chi connectivity index (χ1) is 14.9. The molecule has 0 saturated carbocycles. The van der Waals surface area contributed by atoms with Gasteiger partial charge in [0.1, 0.15) is 18.2 Å². The number of hydrogen-bond donors (Lipinski definition) is 2. The third-order valence-electron chi connectivity index (χ3n) is 4.36. The largest absolute Gasteiger partial charge is 0.480 e. The van der Waals surface area contributed by atoms with E-state index < -0.39 is 24.1 Å². The van der Waals surface area contributed by atoms with Crippen molar-refractivity contribution in [1.29, 1.82) is 0 Å². The van der Waals surface area contributed by atoms with Crippen LogP contribution in [0.1, 0.15) is 5.56 Å². The number of halogens is 2. The molecular formula is C20H15F2N7O2. The molecule has 156 valence electrons. The summed E-state index contributed by atoms with van der Waals surface area (Å²) >= 11 is 0. The smallest absolute Gasteiger partial charge is 0.322 e. The first-order valence-corrected chi connectivity index (χ1v) is 9.06. The summed E-state index contributed by atoms with van der Waals surface area (Å²) in [6.07, 6.45) is 1.35. The maximum Gasteiger partial charge on any atom is 0.322 e. The molecule has 0 aliphatic rings. The summed E-state index contributed by atoms with van der Waals surface area (Å²) in [5.41, 5.74) is 2.03. The summed E-state index contributed by atoms with van der Waals surface area (Å²) in [5.74, 6) is -2.53. The lowest BCUT2D eigenvalue weighted by atomic mass is 10.1. The molecule has 31 heavy (non-hydrogen) atoms. The number of benzene rings is 2. The fraction of sp³-hybridized carbons (Fsp3) is 0.100. The quantitative estimate of drug-likeness (QED) is 0.486. The summed E-state index contributed by atoms with van der Waals surface area (Å²) in [4.78, 5) is 19.2. The summed E-state index contributed by atoms with van der Waals surface area (Å²) in [6, 6.07) is 10.5. The van der Waals surface area contributed by atoms with Gasteiger partial charge in [-0.15, -0.1) is 5.10 Å². The second-order valence-electron chi connectivity index (χ2n) is 6.58. The lowest BCUT2D eigenvalue weighted by Crippen LogP contribution is -2.15. The third kappa shape index (κ3) is 4.20. The molecule has 2 aromatic carbocycles.